The minimum absolute atomic E-state index is 0. The SMILES string of the molecule is COc1ccc2c3ccccc3c(-c3ccc(N)cc3)[n+](C)c2c1.[Cl-]. The van der Waals surface area contributed by atoms with Crippen LogP contribution < -0.4 is 27.4 Å². The van der Waals surface area contributed by atoms with Crippen LogP contribution in [0.1, 0.15) is 0 Å². The number of hydrogen-bond acceptors (Lipinski definition) is 2. The molecule has 0 saturated heterocycles. The lowest BCUT2D eigenvalue weighted by Gasteiger charge is -2.10. The molecule has 0 fully saturated rings. The molecular formula is C21H19ClN2O. The maximum Gasteiger partial charge on any atom is 0.220 e. The van der Waals surface area contributed by atoms with Crippen LogP contribution in [0.3, 0.4) is 0 Å². The zero-order valence-corrected chi connectivity index (χ0v) is 14.9. The van der Waals surface area contributed by atoms with Gasteiger partial charge in [0.25, 0.3) is 0 Å². The second kappa shape index (κ2) is 6.61. The Morgan fingerprint density at radius 2 is 1.52 bits per heavy atom. The average molecular weight is 351 g/mol. The quantitative estimate of drug-likeness (QED) is 0.334. The molecule has 4 aromatic rings. The molecule has 0 amide bonds. The van der Waals surface area contributed by atoms with Gasteiger partial charge in [-0.1, -0.05) is 18.2 Å². The summed E-state index contributed by atoms with van der Waals surface area (Å²) in [5.74, 6) is 0.858. The highest BCUT2D eigenvalue weighted by Gasteiger charge is 2.20. The van der Waals surface area contributed by atoms with Gasteiger partial charge in [-0.25, -0.2) is 0 Å². The Kier molecular flexibility index (Phi) is 4.51. The highest BCUT2D eigenvalue weighted by atomic mass is 35.5. The normalized spacial score (nSPS) is 10.6. The van der Waals surface area contributed by atoms with E-state index in [1.54, 1.807) is 7.11 Å². The fourth-order valence-corrected chi connectivity index (χ4v) is 3.36. The number of nitrogen functional groups attached to an aromatic ring is 1. The molecule has 0 aliphatic carbocycles. The average Bonchev–Trinajstić information content (AvgIpc) is 2.63. The van der Waals surface area contributed by atoms with Crippen molar-refractivity contribution in [1.29, 1.82) is 0 Å². The van der Waals surface area contributed by atoms with E-state index in [0.717, 1.165) is 22.5 Å². The van der Waals surface area contributed by atoms with Gasteiger partial charge in [0.1, 0.15) is 12.8 Å². The second-order valence-electron chi connectivity index (χ2n) is 5.96. The van der Waals surface area contributed by atoms with Crippen LogP contribution in [0.25, 0.3) is 32.9 Å². The minimum Gasteiger partial charge on any atom is -1.00 e. The summed E-state index contributed by atoms with van der Waals surface area (Å²) in [6, 6.07) is 22.8. The zero-order chi connectivity index (χ0) is 16.7. The lowest BCUT2D eigenvalue weighted by Crippen LogP contribution is -3.00. The Balaban J connectivity index is 0.00000182. The Morgan fingerprint density at radius 3 is 2.20 bits per heavy atom. The van der Waals surface area contributed by atoms with Crippen molar-refractivity contribution in [1.82, 2.24) is 0 Å². The molecule has 25 heavy (non-hydrogen) atoms. The molecule has 0 saturated carbocycles. The van der Waals surface area contributed by atoms with Gasteiger partial charge < -0.3 is 22.9 Å². The molecule has 0 radical (unpaired) electrons. The molecule has 0 unspecified atom stereocenters. The van der Waals surface area contributed by atoms with Gasteiger partial charge in [-0.3, -0.25) is 0 Å². The number of rotatable bonds is 2. The number of pyridine rings is 1. The van der Waals surface area contributed by atoms with E-state index in [1.807, 2.05) is 18.2 Å². The van der Waals surface area contributed by atoms with Gasteiger partial charge in [0.15, 0.2) is 0 Å². The predicted molar refractivity (Wildman–Crippen MR) is 99.0 cm³/mol. The number of fused-ring (bicyclic) bond motifs is 3. The van der Waals surface area contributed by atoms with Crippen molar-refractivity contribution in [2.75, 3.05) is 12.8 Å². The third-order valence-corrected chi connectivity index (χ3v) is 4.56. The van der Waals surface area contributed by atoms with E-state index in [-0.39, 0.29) is 12.4 Å². The van der Waals surface area contributed by atoms with Gasteiger partial charge in [-0.15, -0.1) is 0 Å². The summed E-state index contributed by atoms with van der Waals surface area (Å²) < 4.78 is 7.65. The third kappa shape index (κ3) is 2.77. The minimum atomic E-state index is 0. The van der Waals surface area contributed by atoms with E-state index >= 15 is 0 Å². The number of halogens is 1. The van der Waals surface area contributed by atoms with E-state index in [9.17, 15) is 0 Å². The fraction of sp³-hybridized carbons (Fsp3) is 0.0952. The van der Waals surface area contributed by atoms with Gasteiger partial charge in [-0.2, -0.15) is 4.57 Å². The van der Waals surface area contributed by atoms with Gasteiger partial charge in [0.05, 0.1) is 23.9 Å². The van der Waals surface area contributed by atoms with Crippen LogP contribution in [0, 0.1) is 0 Å². The second-order valence-corrected chi connectivity index (χ2v) is 5.96. The monoisotopic (exact) mass is 350 g/mol. The summed E-state index contributed by atoms with van der Waals surface area (Å²) in [7, 11) is 3.79. The van der Waals surface area contributed by atoms with Gasteiger partial charge in [0, 0.05) is 16.6 Å². The summed E-state index contributed by atoms with van der Waals surface area (Å²) in [4.78, 5) is 0. The molecule has 4 heteroatoms. The molecule has 0 spiro atoms. The predicted octanol–water partition coefficient (Wildman–Crippen LogP) is 1.08. The van der Waals surface area contributed by atoms with Crippen molar-refractivity contribution in [3.63, 3.8) is 0 Å². The molecule has 3 aromatic carbocycles. The van der Waals surface area contributed by atoms with Crippen LogP contribution in [0.15, 0.2) is 66.7 Å². The maximum atomic E-state index is 5.86. The number of methoxy groups -OCH3 is 1. The first-order chi connectivity index (χ1) is 11.7. The Bertz CT molecular complexity index is 1060. The first-order valence-electron chi connectivity index (χ1n) is 7.93. The van der Waals surface area contributed by atoms with E-state index in [4.69, 9.17) is 10.5 Å². The first kappa shape index (κ1) is 17.1. The van der Waals surface area contributed by atoms with E-state index in [1.165, 1.54) is 21.9 Å². The highest BCUT2D eigenvalue weighted by molar-refractivity contribution is 6.09. The fourth-order valence-electron chi connectivity index (χ4n) is 3.36. The summed E-state index contributed by atoms with van der Waals surface area (Å²) in [6.07, 6.45) is 0. The largest absolute Gasteiger partial charge is 1.00 e. The van der Waals surface area contributed by atoms with Gasteiger partial charge >= 0.3 is 0 Å². The van der Waals surface area contributed by atoms with Crippen LogP contribution in [0.5, 0.6) is 5.75 Å². The summed E-state index contributed by atoms with van der Waals surface area (Å²) >= 11 is 0. The number of nitrogens with two attached hydrogens (primary N) is 1. The van der Waals surface area contributed by atoms with E-state index in [0.29, 0.717) is 0 Å². The number of aryl methyl sites for hydroxylation is 1. The Hall–Kier alpha value is -2.78. The number of benzene rings is 3. The van der Waals surface area contributed by atoms with E-state index in [2.05, 4.69) is 60.1 Å². The van der Waals surface area contributed by atoms with Crippen molar-refractivity contribution >= 4 is 27.4 Å². The molecule has 0 bridgehead atoms. The standard InChI is InChI=1S/C21H18N2O.ClH/c1-23-20-13-16(24-2)11-12-18(20)17-5-3-4-6-19(17)21(23)14-7-9-15(22)10-8-14;/h3-13,22H,1-2H3;1H. The van der Waals surface area contributed by atoms with Gasteiger partial charge in [-0.05, 0) is 42.5 Å². The highest BCUT2D eigenvalue weighted by Crippen LogP contribution is 2.32. The number of aromatic nitrogens is 1. The lowest BCUT2D eigenvalue weighted by molar-refractivity contribution is -0.632. The molecule has 126 valence electrons. The Labute approximate surface area is 153 Å². The topological polar surface area (TPSA) is 39.1 Å². The number of hydrogen-bond donors (Lipinski definition) is 1. The smallest absolute Gasteiger partial charge is 0.220 e. The molecule has 0 atom stereocenters. The van der Waals surface area contributed by atoms with Crippen molar-refractivity contribution in [2.45, 2.75) is 0 Å². The van der Waals surface area contributed by atoms with Crippen molar-refractivity contribution in [3.05, 3.63) is 66.7 Å². The third-order valence-electron chi connectivity index (χ3n) is 4.56. The number of ether oxygens (including phenoxy) is 1. The molecule has 3 nitrogen and oxygen atoms in total. The molecule has 0 aliphatic rings. The van der Waals surface area contributed by atoms with Gasteiger partial charge in [0.2, 0.25) is 11.2 Å². The number of anilines is 1. The molecule has 1 heterocycles. The maximum absolute atomic E-state index is 5.86. The lowest BCUT2D eigenvalue weighted by atomic mass is 9.99. The molecule has 0 aliphatic heterocycles. The Morgan fingerprint density at radius 1 is 0.840 bits per heavy atom. The summed E-state index contributed by atoms with van der Waals surface area (Å²) in [5.41, 5.74) is 10.1. The van der Waals surface area contributed by atoms with Crippen molar-refractivity contribution < 1.29 is 21.7 Å². The van der Waals surface area contributed by atoms with Crippen LogP contribution in [-0.4, -0.2) is 7.11 Å². The molecule has 4 rings (SSSR count). The van der Waals surface area contributed by atoms with Crippen LogP contribution in [-0.2, 0) is 7.05 Å². The zero-order valence-electron chi connectivity index (χ0n) is 14.2. The molecule has 1 aromatic heterocycles. The van der Waals surface area contributed by atoms with Crippen molar-refractivity contribution in [2.24, 2.45) is 7.05 Å². The van der Waals surface area contributed by atoms with Crippen molar-refractivity contribution in [3.8, 4) is 17.0 Å². The van der Waals surface area contributed by atoms with Crippen LogP contribution >= 0.6 is 0 Å². The van der Waals surface area contributed by atoms with Crippen LogP contribution in [0.2, 0.25) is 0 Å². The first-order valence-corrected chi connectivity index (χ1v) is 7.93. The summed E-state index contributed by atoms with van der Waals surface area (Å²) in [5, 5.41) is 3.68. The molecule has 2 N–H and O–H groups in total. The van der Waals surface area contributed by atoms with E-state index < -0.39 is 0 Å². The van der Waals surface area contributed by atoms with Crippen LogP contribution in [0.4, 0.5) is 5.69 Å². The summed E-state index contributed by atoms with van der Waals surface area (Å²) in [6.45, 7) is 0. The molecular weight excluding hydrogens is 332 g/mol. The number of nitrogens with zero attached hydrogens (tertiary/aromatic N) is 1.